The van der Waals surface area contributed by atoms with Crippen LogP contribution in [0.4, 0.5) is 0 Å². The quantitative estimate of drug-likeness (QED) is 0.783. The van der Waals surface area contributed by atoms with Gasteiger partial charge in [-0.3, -0.25) is 4.90 Å². The fourth-order valence-corrected chi connectivity index (χ4v) is 3.15. The zero-order valence-corrected chi connectivity index (χ0v) is 10.8. The lowest BCUT2D eigenvalue weighted by Gasteiger charge is -2.40. The maximum Gasteiger partial charge on any atom is 0.329 e. The number of nitrogens with zero attached hydrogens (tertiary/aromatic N) is 1. The topological polar surface area (TPSA) is 40.5 Å². The van der Waals surface area contributed by atoms with Gasteiger partial charge in [0, 0.05) is 0 Å². The lowest BCUT2D eigenvalue weighted by atomic mass is 9.96. The molecule has 0 amide bonds. The fraction of sp³-hybridized carbons (Fsp3) is 0.538. The minimum absolute atomic E-state index is 0.780. The van der Waals surface area contributed by atoms with Crippen LogP contribution in [0.2, 0.25) is 0 Å². The Labute approximate surface area is 106 Å². The average Bonchev–Trinajstić information content (AvgIpc) is 2.39. The molecule has 0 spiro atoms. The molecule has 3 nitrogen and oxygen atoms in total. The lowest BCUT2D eigenvalue weighted by Crippen LogP contribution is -2.54. The van der Waals surface area contributed by atoms with Crippen LogP contribution in [0.5, 0.6) is 0 Å². The van der Waals surface area contributed by atoms with Crippen molar-refractivity contribution in [3.8, 4) is 0 Å². The lowest BCUT2D eigenvalue weighted by molar-refractivity contribution is -0.148. The van der Waals surface area contributed by atoms with Gasteiger partial charge in [0.2, 0.25) is 0 Å². The highest BCUT2D eigenvalue weighted by Crippen LogP contribution is 2.36. The summed E-state index contributed by atoms with van der Waals surface area (Å²) in [5, 5.41) is 11.5. The standard InChI is InChI=1S/C13H17NO2S/c1-13(12(15)16,11-7-3-6-10-17-11)14-8-4-2-5-9-14/h3,6,10H,2,4-5,8-9H2,1H3,(H,15,16). The van der Waals surface area contributed by atoms with Crippen molar-refractivity contribution in [2.75, 3.05) is 13.1 Å². The predicted octanol–water partition coefficient (Wildman–Crippen LogP) is 2.62. The van der Waals surface area contributed by atoms with Gasteiger partial charge < -0.3 is 5.11 Å². The first-order chi connectivity index (χ1) is 8.15. The fourth-order valence-electron chi connectivity index (χ4n) is 2.28. The largest absolute Gasteiger partial charge is 0.480 e. The number of carboxylic acid groups (broad SMARTS) is 1. The zero-order chi connectivity index (χ0) is 12.3. The van der Waals surface area contributed by atoms with Crippen LogP contribution in [0.15, 0.2) is 28.2 Å². The summed E-state index contributed by atoms with van der Waals surface area (Å²) in [4.78, 5) is 14.5. The van der Waals surface area contributed by atoms with E-state index in [1.54, 1.807) is 13.0 Å². The number of piperidine rings is 1. The molecule has 2 aliphatic heterocycles. The first-order valence-corrected chi connectivity index (χ1v) is 6.81. The Bertz CT molecular complexity index is 404. The van der Waals surface area contributed by atoms with Crippen LogP contribution < -0.4 is 0 Å². The van der Waals surface area contributed by atoms with Crippen molar-refractivity contribution in [1.82, 2.24) is 4.90 Å². The molecule has 1 saturated heterocycles. The van der Waals surface area contributed by atoms with E-state index in [-0.39, 0.29) is 0 Å². The molecule has 2 rings (SSSR count). The summed E-state index contributed by atoms with van der Waals surface area (Å²) < 4.78 is 0. The van der Waals surface area contributed by atoms with Crippen LogP contribution in [0.25, 0.3) is 0 Å². The van der Waals surface area contributed by atoms with E-state index >= 15 is 0 Å². The van der Waals surface area contributed by atoms with Crippen molar-refractivity contribution in [3.63, 3.8) is 0 Å². The van der Waals surface area contributed by atoms with Crippen LogP contribution >= 0.6 is 11.8 Å². The predicted molar refractivity (Wildman–Crippen MR) is 69.8 cm³/mol. The van der Waals surface area contributed by atoms with E-state index in [4.69, 9.17) is 0 Å². The Morgan fingerprint density at radius 1 is 1.47 bits per heavy atom. The summed E-state index contributed by atoms with van der Waals surface area (Å²) in [6.45, 7) is 3.51. The van der Waals surface area contributed by atoms with Gasteiger partial charge >= 0.3 is 5.97 Å². The number of thioether (sulfide) groups is 1. The highest BCUT2D eigenvalue weighted by atomic mass is 32.2. The molecule has 1 N–H and O–H groups in total. The molecule has 0 aliphatic carbocycles. The van der Waals surface area contributed by atoms with E-state index in [2.05, 4.69) is 10.6 Å². The maximum absolute atomic E-state index is 11.7. The minimum Gasteiger partial charge on any atom is -0.480 e. The number of aliphatic carboxylic acids is 1. The molecule has 0 bridgehead atoms. The first kappa shape index (κ1) is 12.5. The summed E-state index contributed by atoms with van der Waals surface area (Å²) in [5.74, 6) is -0.780. The summed E-state index contributed by atoms with van der Waals surface area (Å²) in [6, 6.07) is 0. The summed E-state index contributed by atoms with van der Waals surface area (Å²) in [6.07, 6.45) is 7.04. The van der Waals surface area contributed by atoms with Gasteiger partial charge in [-0.1, -0.05) is 18.2 Å². The van der Waals surface area contributed by atoms with Crippen LogP contribution in [-0.2, 0) is 4.79 Å². The Hall–Kier alpha value is -0.960. The first-order valence-electron chi connectivity index (χ1n) is 5.93. The number of carboxylic acids is 1. The number of carbonyl (C=O) groups is 1. The Morgan fingerprint density at radius 2 is 2.18 bits per heavy atom. The van der Waals surface area contributed by atoms with Gasteiger partial charge in [-0.25, -0.2) is 4.79 Å². The summed E-state index contributed by atoms with van der Waals surface area (Å²) in [5.41, 5.74) is 2.16. The second-order valence-electron chi connectivity index (χ2n) is 4.51. The molecular formula is C13H17NO2S. The van der Waals surface area contributed by atoms with Crippen molar-refractivity contribution in [2.45, 2.75) is 31.7 Å². The number of likely N-dealkylation sites (tertiary alicyclic amines) is 1. The van der Waals surface area contributed by atoms with Gasteiger partial charge in [-0.05, 0) is 50.4 Å². The molecule has 0 aromatic rings. The molecule has 0 radical (unpaired) electrons. The number of rotatable bonds is 3. The number of allylic oxidation sites excluding steroid dienone is 1. The highest BCUT2D eigenvalue weighted by Gasteiger charge is 2.43. The molecule has 4 heteroatoms. The van der Waals surface area contributed by atoms with E-state index < -0.39 is 11.5 Å². The van der Waals surface area contributed by atoms with E-state index in [9.17, 15) is 9.90 Å². The second-order valence-corrected chi connectivity index (χ2v) is 5.43. The van der Waals surface area contributed by atoms with E-state index in [1.807, 2.05) is 11.5 Å². The van der Waals surface area contributed by atoms with Crippen molar-refractivity contribution in [1.29, 1.82) is 0 Å². The zero-order valence-electron chi connectivity index (χ0n) is 9.98. The van der Waals surface area contributed by atoms with Gasteiger partial charge in [-0.2, -0.15) is 0 Å². The third-order valence-corrected chi connectivity index (χ3v) is 4.47. The molecular weight excluding hydrogens is 234 g/mol. The summed E-state index contributed by atoms with van der Waals surface area (Å²) in [7, 11) is 0. The third-order valence-electron chi connectivity index (χ3n) is 3.42. The highest BCUT2D eigenvalue weighted by molar-refractivity contribution is 8.06. The van der Waals surface area contributed by atoms with E-state index in [0.29, 0.717) is 0 Å². The number of hydrogen-bond donors (Lipinski definition) is 1. The molecule has 0 aromatic heterocycles. The van der Waals surface area contributed by atoms with Crippen LogP contribution in [0, 0.1) is 0 Å². The van der Waals surface area contributed by atoms with Crippen LogP contribution in [0.3, 0.4) is 0 Å². The van der Waals surface area contributed by atoms with Gasteiger partial charge in [0.1, 0.15) is 0 Å². The minimum atomic E-state index is -0.924. The molecule has 2 heterocycles. The van der Waals surface area contributed by atoms with Gasteiger partial charge in [0.05, 0.1) is 4.91 Å². The molecule has 17 heavy (non-hydrogen) atoms. The molecule has 1 fully saturated rings. The van der Waals surface area contributed by atoms with Crippen molar-refractivity contribution < 1.29 is 9.90 Å². The summed E-state index contributed by atoms with van der Waals surface area (Å²) >= 11 is 1.46. The van der Waals surface area contributed by atoms with E-state index in [0.717, 1.165) is 30.8 Å². The normalized spacial score (nSPS) is 24.2. The van der Waals surface area contributed by atoms with Crippen molar-refractivity contribution in [3.05, 3.63) is 28.2 Å². The number of hydrogen-bond acceptors (Lipinski definition) is 3. The molecule has 1 unspecified atom stereocenters. The SMILES string of the molecule is CC(C(=O)O)(C1=C=CC=CS1)N1CCCCC1. The second kappa shape index (κ2) is 5.13. The van der Waals surface area contributed by atoms with Crippen molar-refractivity contribution in [2.24, 2.45) is 0 Å². The molecule has 1 atom stereocenters. The van der Waals surface area contributed by atoms with E-state index in [1.165, 1.54) is 18.2 Å². The Balaban J connectivity index is 2.31. The average molecular weight is 251 g/mol. The maximum atomic E-state index is 11.7. The molecule has 2 aliphatic rings. The van der Waals surface area contributed by atoms with Crippen LogP contribution in [0.1, 0.15) is 26.2 Å². The van der Waals surface area contributed by atoms with Gasteiger partial charge in [0.15, 0.2) is 5.54 Å². The monoisotopic (exact) mass is 251 g/mol. The van der Waals surface area contributed by atoms with Gasteiger partial charge in [0.25, 0.3) is 0 Å². The smallest absolute Gasteiger partial charge is 0.329 e. The third kappa shape index (κ3) is 2.34. The Kier molecular flexibility index (Phi) is 3.77. The van der Waals surface area contributed by atoms with Crippen LogP contribution in [-0.4, -0.2) is 34.6 Å². The molecule has 92 valence electrons. The molecule has 0 saturated carbocycles. The Morgan fingerprint density at radius 3 is 2.71 bits per heavy atom. The molecule has 0 aromatic carbocycles. The van der Waals surface area contributed by atoms with Gasteiger partial charge in [-0.15, -0.1) is 5.73 Å². The van der Waals surface area contributed by atoms with Crippen molar-refractivity contribution >= 4 is 17.7 Å².